The fourth-order valence-corrected chi connectivity index (χ4v) is 2.45. The molecule has 3 N–H and O–H groups in total. The third kappa shape index (κ3) is 13.3. The molecule has 0 aliphatic carbocycles. The van der Waals surface area contributed by atoms with E-state index in [1.54, 1.807) is 6.08 Å². The van der Waals surface area contributed by atoms with E-state index >= 15 is 0 Å². The minimum absolute atomic E-state index is 0.0846. The first kappa shape index (κ1) is 22.1. The highest BCUT2D eigenvalue weighted by atomic mass is 16.3. The highest BCUT2D eigenvalue weighted by molar-refractivity contribution is 5.76. The smallest absolute Gasteiger partial charge is 0.220 e. The van der Waals surface area contributed by atoms with Gasteiger partial charge < -0.3 is 15.5 Å². The minimum atomic E-state index is -0.824. The second-order valence-corrected chi connectivity index (χ2v) is 6.29. The van der Waals surface area contributed by atoms with Crippen molar-refractivity contribution in [2.75, 3.05) is 6.61 Å². The summed E-state index contributed by atoms with van der Waals surface area (Å²) in [5.74, 6) is -0.0846. The molecule has 0 aliphatic rings. The third-order valence-corrected chi connectivity index (χ3v) is 4.02. The lowest BCUT2D eigenvalue weighted by atomic mass is 10.1. The predicted molar refractivity (Wildman–Crippen MR) is 96.3 cm³/mol. The van der Waals surface area contributed by atoms with E-state index in [4.69, 9.17) is 0 Å². The molecule has 0 heterocycles. The molecule has 0 radical (unpaired) electrons. The molecule has 0 spiro atoms. The molecule has 0 bridgehead atoms. The summed E-state index contributed by atoms with van der Waals surface area (Å²) in [7, 11) is 0. The Morgan fingerprint density at radius 1 is 1.00 bits per heavy atom. The quantitative estimate of drug-likeness (QED) is 0.317. The molecular formula is C19H37NO3. The van der Waals surface area contributed by atoms with Crippen LogP contribution in [0.2, 0.25) is 0 Å². The zero-order valence-corrected chi connectivity index (χ0v) is 15.1. The summed E-state index contributed by atoms with van der Waals surface area (Å²) in [6, 6.07) is -0.607. The highest BCUT2D eigenvalue weighted by Gasteiger charge is 2.17. The van der Waals surface area contributed by atoms with E-state index in [9.17, 15) is 15.0 Å². The number of nitrogens with one attached hydrogen (secondary N) is 1. The second kappa shape index (κ2) is 16.0. The number of allylic oxidation sites excluding steroid dienone is 1. The van der Waals surface area contributed by atoms with Crippen molar-refractivity contribution in [2.24, 2.45) is 0 Å². The van der Waals surface area contributed by atoms with Crippen LogP contribution in [0.15, 0.2) is 12.2 Å². The molecule has 0 aromatic rings. The number of rotatable bonds is 15. The molecule has 4 nitrogen and oxygen atoms in total. The van der Waals surface area contributed by atoms with Gasteiger partial charge in [-0.05, 0) is 12.8 Å². The number of amides is 1. The van der Waals surface area contributed by atoms with Gasteiger partial charge in [-0.25, -0.2) is 0 Å². The maximum absolute atomic E-state index is 11.9. The topological polar surface area (TPSA) is 69.6 Å². The zero-order chi connectivity index (χ0) is 17.3. The highest BCUT2D eigenvalue weighted by Crippen LogP contribution is 2.08. The van der Waals surface area contributed by atoms with Crippen LogP contribution in [0.5, 0.6) is 0 Å². The van der Waals surface area contributed by atoms with Crippen LogP contribution in [0.4, 0.5) is 0 Å². The Morgan fingerprint density at radius 3 is 2.22 bits per heavy atom. The SMILES string of the molecule is CCCC/C=C/[C@H](O)[C@H](CO)NC(=O)CCCCCCCCC. The van der Waals surface area contributed by atoms with Crippen LogP contribution in [0, 0.1) is 0 Å². The molecular weight excluding hydrogens is 290 g/mol. The van der Waals surface area contributed by atoms with Crippen LogP contribution in [0.3, 0.4) is 0 Å². The van der Waals surface area contributed by atoms with Crippen molar-refractivity contribution in [2.45, 2.75) is 96.6 Å². The molecule has 136 valence electrons. The summed E-state index contributed by atoms with van der Waals surface area (Å²) in [5.41, 5.74) is 0. The average Bonchev–Trinajstić information content (AvgIpc) is 2.55. The largest absolute Gasteiger partial charge is 0.394 e. The van der Waals surface area contributed by atoms with Gasteiger partial charge in [-0.15, -0.1) is 0 Å². The van der Waals surface area contributed by atoms with Gasteiger partial charge in [0.25, 0.3) is 0 Å². The van der Waals surface area contributed by atoms with E-state index in [0.717, 1.165) is 32.1 Å². The van der Waals surface area contributed by atoms with E-state index in [0.29, 0.717) is 6.42 Å². The molecule has 4 heteroatoms. The molecule has 0 rings (SSSR count). The number of unbranched alkanes of at least 4 members (excludes halogenated alkanes) is 8. The van der Waals surface area contributed by atoms with Gasteiger partial charge in [-0.2, -0.15) is 0 Å². The van der Waals surface area contributed by atoms with Crippen LogP contribution in [0.25, 0.3) is 0 Å². The van der Waals surface area contributed by atoms with E-state index < -0.39 is 12.1 Å². The lowest BCUT2D eigenvalue weighted by Gasteiger charge is -2.19. The Hall–Kier alpha value is -0.870. The van der Waals surface area contributed by atoms with Crippen LogP contribution in [-0.2, 0) is 4.79 Å². The lowest BCUT2D eigenvalue weighted by molar-refractivity contribution is -0.123. The van der Waals surface area contributed by atoms with Gasteiger partial charge in [0.05, 0.1) is 18.8 Å². The van der Waals surface area contributed by atoms with Gasteiger partial charge in [0.2, 0.25) is 5.91 Å². The van der Waals surface area contributed by atoms with Crippen molar-refractivity contribution in [3.63, 3.8) is 0 Å². The van der Waals surface area contributed by atoms with Crippen LogP contribution >= 0.6 is 0 Å². The van der Waals surface area contributed by atoms with Crippen LogP contribution in [0.1, 0.15) is 84.5 Å². The molecule has 0 saturated carbocycles. The van der Waals surface area contributed by atoms with Gasteiger partial charge in [0.1, 0.15) is 0 Å². The van der Waals surface area contributed by atoms with E-state index in [1.807, 2.05) is 6.08 Å². The summed E-state index contributed by atoms with van der Waals surface area (Å²) < 4.78 is 0. The number of carbonyl (C=O) groups excluding carboxylic acids is 1. The summed E-state index contributed by atoms with van der Waals surface area (Å²) in [6.07, 6.45) is 14.5. The number of hydrogen-bond acceptors (Lipinski definition) is 3. The van der Waals surface area contributed by atoms with Crippen molar-refractivity contribution in [1.82, 2.24) is 5.32 Å². The Morgan fingerprint density at radius 2 is 1.61 bits per heavy atom. The van der Waals surface area contributed by atoms with Crippen molar-refractivity contribution in [3.8, 4) is 0 Å². The Balaban J connectivity index is 3.84. The Kier molecular flexibility index (Phi) is 15.4. The molecule has 0 aromatic carbocycles. The Bertz CT molecular complexity index is 305. The zero-order valence-electron chi connectivity index (χ0n) is 15.1. The predicted octanol–water partition coefficient (Wildman–Crippen LogP) is 3.71. The van der Waals surface area contributed by atoms with Crippen molar-refractivity contribution < 1.29 is 15.0 Å². The standard InChI is InChI=1S/C19H37NO3/c1-3-5-7-9-10-11-13-15-19(23)20-17(16-21)18(22)14-12-8-6-4-2/h12,14,17-18,21-22H,3-11,13,15-16H2,1-2H3,(H,20,23)/b14-12+/t17-,18-/m0/s1. The maximum Gasteiger partial charge on any atom is 0.220 e. The monoisotopic (exact) mass is 327 g/mol. The molecule has 0 aliphatic heterocycles. The minimum Gasteiger partial charge on any atom is -0.394 e. The summed E-state index contributed by atoms with van der Waals surface area (Å²) in [4.78, 5) is 11.9. The van der Waals surface area contributed by atoms with Crippen molar-refractivity contribution in [3.05, 3.63) is 12.2 Å². The van der Waals surface area contributed by atoms with Gasteiger partial charge in [-0.1, -0.05) is 77.4 Å². The number of hydrogen-bond donors (Lipinski definition) is 3. The summed E-state index contributed by atoms with van der Waals surface area (Å²) in [6.45, 7) is 4.07. The van der Waals surface area contributed by atoms with Gasteiger partial charge in [-0.3, -0.25) is 4.79 Å². The molecule has 0 saturated heterocycles. The average molecular weight is 328 g/mol. The van der Waals surface area contributed by atoms with Crippen molar-refractivity contribution >= 4 is 5.91 Å². The van der Waals surface area contributed by atoms with Crippen LogP contribution < -0.4 is 5.32 Å². The number of aliphatic hydroxyl groups excluding tert-OH is 2. The molecule has 1 amide bonds. The maximum atomic E-state index is 11.9. The van der Waals surface area contributed by atoms with E-state index in [-0.39, 0.29) is 12.5 Å². The summed E-state index contributed by atoms with van der Waals surface area (Å²) >= 11 is 0. The molecule has 0 unspecified atom stereocenters. The lowest BCUT2D eigenvalue weighted by Crippen LogP contribution is -2.45. The normalized spacial score (nSPS) is 14.1. The molecule has 0 fully saturated rings. The first-order valence-corrected chi connectivity index (χ1v) is 9.40. The first-order valence-electron chi connectivity index (χ1n) is 9.40. The van der Waals surface area contributed by atoms with Gasteiger partial charge >= 0.3 is 0 Å². The van der Waals surface area contributed by atoms with E-state index in [2.05, 4.69) is 19.2 Å². The van der Waals surface area contributed by atoms with Crippen molar-refractivity contribution in [1.29, 1.82) is 0 Å². The number of carbonyl (C=O) groups is 1. The Labute approximate surface area is 142 Å². The second-order valence-electron chi connectivity index (χ2n) is 6.29. The fraction of sp³-hybridized carbons (Fsp3) is 0.842. The first-order chi connectivity index (χ1) is 11.2. The molecule has 23 heavy (non-hydrogen) atoms. The summed E-state index contributed by atoms with van der Waals surface area (Å²) in [5, 5.41) is 22.0. The third-order valence-electron chi connectivity index (χ3n) is 4.02. The van der Waals surface area contributed by atoms with E-state index in [1.165, 1.54) is 32.1 Å². The number of aliphatic hydroxyl groups is 2. The van der Waals surface area contributed by atoms with Crippen LogP contribution in [-0.4, -0.2) is 34.9 Å². The van der Waals surface area contributed by atoms with Gasteiger partial charge in [0.15, 0.2) is 0 Å². The molecule has 2 atom stereocenters. The van der Waals surface area contributed by atoms with Gasteiger partial charge in [0, 0.05) is 6.42 Å². The molecule has 0 aromatic heterocycles. The fourth-order valence-electron chi connectivity index (χ4n) is 2.45.